The van der Waals surface area contributed by atoms with Gasteiger partial charge in [0.1, 0.15) is 0 Å². The van der Waals surface area contributed by atoms with Gasteiger partial charge in [-0.25, -0.2) is 0 Å². The first-order valence-corrected chi connectivity index (χ1v) is 7.69. The van der Waals surface area contributed by atoms with E-state index in [1.54, 1.807) is 0 Å². The quantitative estimate of drug-likeness (QED) is 0.705. The lowest BCUT2D eigenvalue weighted by Crippen LogP contribution is -2.23. The van der Waals surface area contributed by atoms with Gasteiger partial charge in [0, 0.05) is 6.61 Å². The highest BCUT2D eigenvalue weighted by Crippen LogP contribution is 2.32. The first-order chi connectivity index (χ1) is 9.84. The molecule has 0 radical (unpaired) electrons. The van der Waals surface area contributed by atoms with E-state index in [-0.39, 0.29) is 11.5 Å². The van der Waals surface area contributed by atoms with Crippen molar-refractivity contribution in [1.29, 1.82) is 0 Å². The molecule has 1 aliphatic rings. The van der Waals surface area contributed by atoms with Crippen LogP contribution in [0.5, 0.6) is 0 Å². The van der Waals surface area contributed by atoms with Gasteiger partial charge in [0.05, 0.1) is 11.5 Å². The highest BCUT2D eigenvalue weighted by molar-refractivity contribution is 6.21. The summed E-state index contributed by atoms with van der Waals surface area (Å²) in [6.45, 7) is 0.843. The molecule has 0 aromatic heterocycles. The van der Waals surface area contributed by atoms with Gasteiger partial charge in [0.25, 0.3) is 0 Å². The Morgan fingerprint density at radius 2 is 1.60 bits per heavy atom. The number of hydrogen-bond acceptors (Lipinski definition) is 1. The van der Waals surface area contributed by atoms with Crippen molar-refractivity contribution in [3.63, 3.8) is 0 Å². The van der Waals surface area contributed by atoms with Crippen molar-refractivity contribution < 1.29 is 4.74 Å². The predicted molar refractivity (Wildman–Crippen MR) is 84.1 cm³/mol. The van der Waals surface area contributed by atoms with Crippen LogP contribution in [0.15, 0.2) is 54.6 Å². The zero-order valence-electron chi connectivity index (χ0n) is 11.5. The molecule has 2 heteroatoms. The SMILES string of the molecule is ClC(c1ccc(-c2ccccc2)cc1)C1CCCCO1. The van der Waals surface area contributed by atoms with Crippen LogP contribution in [0.4, 0.5) is 0 Å². The topological polar surface area (TPSA) is 9.23 Å². The van der Waals surface area contributed by atoms with Crippen LogP contribution in [0, 0.1) is 0 Å². The van der Waals surface area contributed by atoms with Crippen molar-refractivity contribution >= 4 is 11.6 Å². The molecule has 0 spiro atoms. The number of alkyl halides is 1. The van der Waals surface area contributed by atoms with E-state index in [2.05, 4.69) is 48.5 Å². The van der Waals surface area contributed by atoms with Gasteiger partial charge in [0.15, 0.2) is 0 Å². The summed E-state index contributed by atoms with van der Waals surface area (Å²) < 4.78 is 5.78. The minimum Gasteiger partial charge on any atom is -0.376 e. The molecule has 1 nitrogen and oxygen atoms in total. The van der Waals surface area contributed by atoms with E-state index >= 15 is 0 Å². The van der Waals surface area contributed by atoms with Crippen LogP contribution in [0.3, 0.4) is 0 Å². The van der Waals surface area contributed by atoms with Crippen molar-refractivity contribution in [3.8, 4) is 11.1 Å². The number of hydrogen-bond donors (Lipinski definition) is 0. The molecule has 2 atom stereocenters. The molecule has 0 bridgehead atoms. The molecule has 1 heterocycles. The van der Waals surface area contributed by atoms with Crippen molar-refractivity contribution in [2.24, 2.45) is 0 Å². The Morgan fingerprint density at radius 1 is 0.900 bits per heavy atom. The van der Waals surface area contributed by atoms with Crippen LogP contribution in [0.1, 0.15) is 30.2 Å². The zero-order chi connectivity index (χ0) is 13.8. The maximum absolute atomic E-state index is 6.56. The number of benzene rings is 2. The Morgan fingerprint density at radius 3 is 2.25 bits per heavy atom. The van der Waals surface area contributed by atoms with Gasteiger partial charge in [0.2, 0.25) is 0 Å². The number of halogens is 1. The average Bonchev–Trinajstić information content (AvgIpc) is 2.56. The summed E-state index contributed by atoms with van der Waals surface area (Å²) in [7, 11) is 0. The third kappa shape index (κ3) is 3.05. The molecule has 0 N–H and O–H groups in total. The summed E-state index contributed by atoms with van der Waals surface area (Å²) in [5.74, 6) is 0. The van der Waals surface area contributed by atoms with Crippen LogP contribution in [-0.4, -0.2) is 12.7 Å². The first kappa shape index (κ1) is 13.7. The summed E-state index contributed by atoms with van der Waals surface area (Å²) in [5, 5.41) is -0.0416. The second kappa shape index (κ2) is 6.43. The monoisotopic (exact) mass is 286 g/mol. The standard InChI is InChI=1S/C18H19ClO/c19-18(17-8-4-5-13-20-17)16-11-9-15(10-12-16)14-6-2-1-3-7-14/h1-3,6-7,9-12,17-18H,4-5,8,13H2. The fraction of sp³-hybridized carbons (Fsp3) is 0.333. The van der Waals surface area contributed by atoms with E-state index in [0.717, 1.165) is 25.0 Å². The summed E-state index contributed by atoms with van der Waals surface area (Å²) in [6, 6.07) is 18.9. The summed E-state index contributed by atoms with van der Waals surface area (Å²) in [6.07, 6.45) is 3.60. The zero-order valence-corrected chi connectivity index (χ0v) is 12.2. The third-order valence-electron chi connectivity index (χ3n) is 3.88. The van der Waals surface area contributed by atoms with Crippen LogP contribution < -0.4 is 0 Å². The fourth-order valence-corrected chi connectivity index (χ4v) is 3.05. The fourth-order valence-electron chi connectivity index (χ4n) is 2.70. The smallest absolute Gasteiger partial charge is 0.0847 e. The minimum absolute atomic E-state index is 0.0416. The number of ether oxygens (including phenoxy) is 1. The van der Waals surface area contributed by atoms with Crippen molar-refractivity contribution in [3.05, 3.63) is 60.2 Å². The highest BCUT2D eigenvalue weighted by atomic mass is 35.5. The normalized spacial score (nSPS) is 20.6. The Balaban J connectivity index is 1.75. The molecular weight excluding hydrogens is 268 g/mol. The number of rotatable bonds is 3. The lowest BCUT2D eigenvalue weighted by molar-refractivity contribution is 0.0136. The third-order valence-corrected chi connectivity index (χ3v) is 4.41. The largest absolute Gasteiger partial charge is 0.376 e. The highest BCUT2D eigenvalue weighted by Gasteiger charge is 2.23. The summed E-state index contributed by atoms with van der Waals surface area (Å²) in [5.41, 5.74) is 3.61. The maximum Gasteiger partial charge on any atom is 0.0847 e. The Labute approximate surface area is 125 Å². The summed E-state index contributed by atoms with van der Waals surface area (Å²) >= 11 is 6.56. The first-order valence-electron chi connectivity index (χ1n) is 7.25. The van der Waals surface area contributed by atoms with Crippen LogP contribution in [0.2, 0.25) is 0 Å². The molecule has 3 rings (SSSR count). The molecule has 1 fully saturated rings. The van der Waals surface area contributed by atoms with Gasteiger partial charge in [-0.1, -0.05) is 54.6 Å². The average molecular weight is 287 g/mol. The predicted octanol–water partition coefficient (Wildman–Crippen LogP) is 5.20. The maximum atomic E-state index is 6.56. The summed E-state index contributed by atoms with van der Waals surface area (Å²) in [4.78, 5) is 0. The molecule has 0 aliphatic carbocycles. The van der Waals surface area contributed by atoms with Gasteiger partial charge in [-0.05, 0) is 36.0 Å². The van der Waals surface area contributed by atoms with Crippen LogP contribution in [-0.2, 0) is 4.74 Å². The van der Waals surface area contributed by atoms with E-state index in [1.807, 2.05) is 6.07 Å². The molecule has 1 saturated heterocycles. The van der Waals surface area contributed by atoms with Gasteiger partial charge < -0.3 is 4.74 Å². The second-order valence-electron chi connectivity index (χ2n) is 5.29. The lowest BCUT2D eigenvalue weighted by atomic mass is 9.98. The molecule has 0 amide bonds. The molecule has 104 valence electrons. The van der Waals surface area contributed by atoms with Crippen LogP contribution >= 0.6 is 11.6 Å². The molecule has 2 aromatic carbocycles. The van der Waals surface area contributed by atoms with Crippen molar-refractivity contribution in [1.82, 2.24) is 0 Å². The lowest BCUT2D eigenvalue weighted by Gasteiger charge is -2.27. The Hall–Kier alpha value is -1.31. The van der Waals surface area contributed by atoms with Gasteiger partial charge in [-0.2, -0.15) is 0 Å². The van der Waals surface area contributed by atoms with E-state index < -0.39 is 0 Å². The molecule has 20 heavy (non-hydrogen) atoms. The molecule has 1 aliphatic heterocycles. The van der Waals surface area contributed by atoms with Gasteiger partial charge in [-0.15, -0.1) is 11.6 Å². The van der Waals surface area contributed by atoms with E-state index in [1.165, 1.54) is 17.5 Å². The van der Waals surface area contributed by atoms with E-state index in [4.69, 9.17) is 16.3 Å². The van der Waals surface area contributed by atoms with Gasteiger partial charge >= 0.3 is 0 Å². The molecule has 0 saturated carbocycles. The molecular formula is C18H19ClO. The van der Waals surface area contributed by atoms with Crippen molar-refractivity contribution in [2.45, 2.75) is 30.7 Å². The Kier molecular flexibility index (Phi) is 4.39. The minimum atomic E-state index is -0.0416. The molecule has 2 aromatic rings. The van der Waals surface area contributed by atoms with Crippen LogP contribution in [0.25, 0.3) is 11.1 Å². The second-order valence-corrected chi connectivity index (χ2v) is 5.77. The molecule has 2 unspecified atom stereocenters. The van der Waals surface area contributed by atoms with Gasteiger partial charge in [-0.3, -0.25) is 0 Å². The van der Waals surface area contributed by atoms with E-state index in [0.29, 0.717) is 0 Å². The van der Waals surface area contributed by atoms with Crippen molar-refractivity contribution in [2.75, 3.05) is 6.61 Å². The van der Waals surface area contributed by atoms with E-state index in [9.17, 15) is 0 Å². The Bertz CT molecular complexity index is 529.